The largest absolute Gasteiger partial charge is 0.322 e. The number of hydrogen-bond donors (Lipinski definition) is 1. The van der Waals surface area contributed by atoms with E-state index in [0.717, 1.165) is 0 Å². The molecule has 0 radical (unpaired) electrons. The molecular formula is C21H17Cl2N3O. The van der Waals surface area contributed by atoms with E-state index in [1.807, 2.05) is 30.3 Å². The lowest BCUT2D eigenvalue weighted by Crippen LogP contribution is -2.34. The standard InChI is InChI=1S/C21H17Cl2N3O/c1-12-18(21(27)26-15-7-5-4-6-8-15)19(20(24-3)13(2)25-12)16-10-9-14(22)11-17(16)23/h4-11,19-20H,1-2H3,(H,26,27). The lowest BCUT2D eigenvalue weighted by Gasteiger charge is -2.27. The van der Waals surface area contributed by atoms with Crippen molar-refractivity contribution in [2.24, 2.45) is 4.99 Å². The minimum atomic E-state index is -0.608. The van der Waals surface area contributed by atoms with Crippen molar-refractivity contribution >= 4 is 40.5 Å². The van der Waals surface area contributed by atoms with Crippen LogP contribution in [0.25, 0.3) is 4.85 Å². The predicted molar refractivity (Wildman–Crippen MR) is 110 cm³/mol. The number of benzene rings is 2. The van der Waals surface area contributed by atoms with E-state index in [1.165, 1.54) is 0 Å². The van der Waals surface area contributed by atoms with E-state index in [1.54, 1.807) is 32.0 Å². The van der Waals surface area contributed by atoms with Crippen molar-refractivity contribution in [3.8, 4) is 0 Å². The fraction of sp³-hybridized carbons (Fsp3) is 0.190. The zero-order valence-corrected chi connectivity index (χ0v) is 16.3. The number of para-hydroxylation sites is 1. The van der Waals surface area contributed by atoms with Crippen LogP contribution in [0.5, 0.6) is 0 Å². The molecule has 27 heavy (non-hydrogen) atoms. The van der Waals surface area contributed by atoms with Gasteiger partial charge in [0.05, 0.1) is 17.2 Å². The number of carbonyl (C=O) groups is 1. The Balaban J connectivity index is 2.10. The summed E-state index contributed by atoms with van der Waals surface area (Å²) in [7, 11) is 0. The number of rotatable bonds is 3. The summed E-state index contributed by atoms with van der Waals surface area (Å²) in [5.41, 5.74) is 3.05. The first-order chi connectivity index (χ1) is 12.9. The van der Waals surface area contributed by atoms with Gasteiger partial charge in [-0.2, -0.15) is 0 Å². The average Bonchev–Trinajstić information content (AvgIpc) is 2.62. The highest BCUT2D eigenvalue weighted by Crippen LogP contribution is 2.40. The van der Waals surface area contributed by atoms with Gasteiger partial charge in [0.2, 0.25) is 0 Å². The molecular weight excluding hydrogens is 381 g/mol. The number of nitrogens with one attached hydrogen (secondary N) is 1. The first-order valence-corrected chi connectivity index (χ1v) is 9.12. The van der Waals surface area contributed by atoms with Gasteiger partial charge in [-0.05, 0) is 43.7 Å². The van der Waals surface area contributed by atoms with Crippen LogP contribution in [0.4, 0.5) is 5.69 Å². The summed E-state index contributed by atoms with van der Waals surface area (Å²) < 4.78 is 0. The molecule has 1 heterocycles. The third-order valence-corrected chi connectivity index (χ3v) is 5.06. The molecule has 3 rings (SSSR count). The minimum absolute atomic E-state index is 0.292. The molecule has 2 aromatic carbocycles. The van der Waals surface area contributed by atoms with Gasteiger partial charge in [-0.15, -0.1) is 0 Å². The summed E-state index contributed by atoms with van der Waals surface area (Å²) in [5.74, 6) is -0.812. The Morgan fingerprint density at radius 3 is 2.48 bits per heavy atom. The van der Waals surface area contributed by atoms with Gasteiger partial charge in [0.1, 0.15) is 0 Å². The smallest absolute Gasteiger partial charge is 0.272 e. The first kappa shape index (κ1) is 19.2. The van der Waals surface area contributed by atoms with E-state index in [-0.39, 0.29) is 5.91 Å². The summed E-state index contributed by atoms with van der Waals surface area (Å²) in [6.45, 7) is 11.2. The van der Waals surface area contributed by atoms with Crippen LogP contribution in [0.3, 0.4) is 0 Å². The molecule has 0 fully saturated rings. The molecule has 1 amide bonds. The molecule has 1 aliphatic rings. The summed E-state index contributed by atoms with van der Waals surface area (Å²) in [5, 5.41) is 3.82. The Morgan fingerprint density at radius 2 is 1.85 bits per heavy atom. The highest BCUT2D eigenvalue weighted by Gasteiger charge is 2.42. The van der Waals surface area contributed by atoms with Crippen molar-refractivity contribution in [1.82, 2.24) is 0 Å². The number of anilines is 1. The first-order valence-electron chi connectivity index (χ1n) is 8.36. The number of aliphatic imine (C=N–C) groups is 1. The van der Waals surface area contributed by atoms with Crippen LogP contribution in [0.2, 0.25) is 10.0 Å². The monoisotopic (exact) mass is 397 g/mol. The Morgan fingerprint density at radius 1 is 1.15 bits per heavy atom. The second kappa shape index (κ2) is 7.96. The number of halogens is 2. The highest BCUT2D eigenvalue weighted by atomic mass is 35.5. The maximum Gasteiger partial charge on any atom is 0.272 e. The fourth-order valence-corrected chi connectivity index (χ4v) is 3.81. The molecule has 0 saturated carbocycles. The number of amides is 1. The van der Waals surface area contributed by atoms with Crippen molar-refractivity contribution in [2.75, 3.05) is 5.32 Å². The van der Waals surface area contributed by atoms with E-state index in [4.69, 9.17) is 29.8 Å². The molecule has 6 heteroatoms. The van der Waals surface area contributed by atoms with Crippen LogP contribution in [0, 0.1) is 6.57 Å². The third kappa shape index (κ3) is 3.90. The molecule has 1 N–H and O–H groups in total. The molecule has 2 unspecified atom stereocenters. The second-order valence-electron chi connectivity index (χ2n) is 6.29. The maximum absolute atomic E-state index is 13.1. The van der Waals surface area contributed by atoms with Crippen molar-refractivity contribution in [1.29, 1.82) is 0 Å². The van der Waals surface area contributed by atoms with Crippen LogP contribution in [0.15, 0.2) is 64.8 Å². The fourth-order valence-electron chi connectivity index (χ4n) is 3.29. The molecule has 0 aromatic heterocycles. The Hall–Kier alpha value is -2.61. The van der Waals surface area contributed by atoms with Gasteiger partial charge in [0.25, 0.3) is 11.9 Å². The van der Waals surface area contributed by atoms with E-state index in [9.17, 15) is 4.79 Å². The highest BCUT2D eigenvalue weighted by molar-refractivity contribution is 6.35. The van der Waals surface area contributed by atoms with Crippen LogP contribution in [-0.4, -0.2) is 17.7 Å². The van der Waals surface area contributed by atoms with Crippen LogP contribution in [-0.2, 0) is 4.79 Å². The van der Waals surface area contributed by atoms with Gasteiger partial charge in [-0.1, -0.05) is 47.5 Å². The molecule has 0 bridgehead atoms. The number of nitrogens with zero attached hydrogens (tertiary/aromatic N) is 2. The maximum atomic E-state index is 13.1. The zero-order valence-electron chi connectivity index (χ0n) is 14.8. The number of carbonyl (C=O) groups excluding carboxylic acids is 1. The zero-order chi connectivity index (χ0) is 19.6. The summed E-state index contributed by atoms with van der Waals surface area (Å²) in [6.07, 6.45) is 0. The van der Waals surface area contributed by atoms with E-state index in [0.29, 0.717) is 38.3 Å². The third-order valence-electron chi connectivity index (χ3n) is 4.50. The predicted octanol–water partition coefficient (Wildman–Crippen LogP) is 5.75. The van der Waals surface area contributed by atoms with E-state index >= 15 is 0 Å². The molecule has 2 aromatic rings. The molecule has 0 spiro atoms. The van der Waals surface area contributed by atoms with E-state index in [2.05, 4.69) is 15.2 Å². The quantitative estimate of drug-likeness (QED) is 0.658. The van der Waals surface area contributed by atoms with Gasteiger partial charge < -0.3 is 10.2 Å². The van der Waals surface area contributed by atoms with Crippen molar-refractivity contribution in [2.45, 2.75) is 25.8 Å². The summed E-state index contributed by atoms with van der Waals surface area (Å²) in [4.78, 5) is 21.3. The van der Waals surface area contributed by atoms with Crippen molar-refractivity contribution < 1.29 is 4.79 Å². The number of allylic oxidation sites excluding steroid dienone is 1. The minimum Gasteiger partial charge on any atom is -0.322 e. The van der Waals surface area contributed by atoms with Crippen LogP contribution in [0.1, 0.15) is 25.3 Å². The van der Waals surface area contributed by atoms with Gasteiger partial charge in [0.15, 0.2) is 0 Å². The summed E-state index contributed by atoms with van der Waals surface area (Å²) >= 11 is 12.5. The Kier molecular flexibility index (Phi) is 5.65. The number of hydrogen-bond acceptors (Lipinski definition) is 2. The topological polar surface area (TPSA) is 45.8 Å². The lowest BCUT2D eigenvalue weighted by molar-refractivity contribution is -0.113. The van der Waals surface area contributed by atoms with Gasteiger partial charge >= 0.3 is 0 Å². The molecule has 0 saturated heterocycles. The SMILES string of the molecule is [C-]#[N+]C1C(C)=NC(C)=C(C(=O)Nc2ccccc2)C1c1ccc(Cl)cc1Cl. The lowest BCUT2D eigenvalue weighted by atomic mass is 9.80. The molecule has 1 aliphatic heterocycles. The molecule has 136 valence electrons. The van der Waals surface area contributed by atoms with Crippen molar-refractivity contribution in [3.63, 3.8) is 0 Å². The molecule has 2 atom stereocenters. The van der Waals surface area contributed by atoms with E-state index < -0.39 is 12.0 Å². The Bertz CT molecular complexity index is 990. The van der Waals surface area contributed by atoms with Gasteiger partial charge in [0, 0.05) is 21.4 Å². The van der Waals surface area contributed by atoms with Crippen LogP contribution >= 0.6 is 23.2 Å². The average molecular weight is 398 g/mol. The Labute approximate surface area is 168 Å². The normalized spacial score (nSPS) is 19.3. The van der Waals surface area contributed by atoms with Crippen LogP contribution < -0.4 is 5.32 Å². The molecule has 0 aliphatic carbocycles. The summed E-state index contributed by atoms with van der Waals surface area (Å²) in [6, 6.07) is 13.7. The molecule has 4 nitrogen and oxygen atoms in total. The van der Waals surface area contributed by atoms with Gasteiger partial charge in [-0.25, -0.2) is 6.57 Å². The van der Waals surface area contributed by atoms with Crippen molar-refractivity contribution in [3.05, 3.63) is 86.8 Å². The van der Waals surface area contributed by atoms with Gasteiger partial charge in [-0.3, -0.25) is 9.79 Å². The second-order valence-corrected chi connectivity index (χ2v) is 7.13.